The Morgan fingerprint density at radius 2 is 1.16 bits per heavy atom. The third-order valence-corrected chi connectivity index (χ3v) is 20.1. The van der Waals surface area contributed by atoms with Gasteiger partial charge in [-0.05, 0) is 79.2 Å². The van der Waals surface area contributed by atoms with Gasteiger partial charge in [0, 0.05) is 50.1 Å². The number of hydrogen-bond donors (Lipinski definition) is 8. The van der Waals surface area contributed by atoms with Crippen molar-refractivity contribution in [1.29, 1.82) is 0 Å². The van der Waals surface area contributed by atoms with Crippen molar-refractivity contribution in [2.75, 3.05) is 242 Å². The molecule has 1 saturated carbocycles. The van der Waals surface area contributed by atoms with Gasteiger partial charge in [-0.2, -0.15) is 4.98 Å². The third kappa shape index (κ3) is 42.6. The Hall–Kier alpha value is -7.35. The lowest BCUT2D eigenvalue weighted by atomic mass is 10.0. The van der Waals surface area contributed by atoms with E-state index in [4.69, 9.17) is 121 Å². The molecular formula is C79H122N12O31P2S. The van der Waals surface area contributed by atoms with Crippen LogP contribution in [-0.4, -0.2) is 342 Å². The van der Waals surface area contributed by atoms with Crippen molar-refractivity contribution < 1.29 is 142 Å². The van der Waals surface area contributed by atoms with Crippen LogP contribution in [0.1, 0.15) is 74.2 Å². The molecule has 125 heavy (non-hydrogen) atoms. The van der Waals surface area contributed by atoms with Crippen LogP contribution in [0.3, 0.4) is 0 Å². The fraction of sp³-hybridized carbons (Fsp3) is 0.671. The van der Waals surface area contributed by atoms with Crippen molar-refractivity contribution in [2.24, 2.45) is 17.6 Å². The first-order chi connectivity index (χ1) is 60.8. The summed E-state index contributed by atoms with van der Waals surface area (Å²) in [5, 5.41) is 22.0. The van der Waals surface area contributed by atoms with Gasteiger partial charge >= 0.3 is 21.5 Å². The first-order valence-electron chi connectivity index (χ1n) is 41.4. The number of ether oxygens (including phenoxy) is 19. The van der Waals surface area contributed by atoms with E-state index >= 15 is 0 Å². The zero-order valence-electron chi connectivity index (χ0n) is 71.2. The Morgan fingerprint density at radius 1 is 0.656 bits per heavy atom. The number of carbonyl (C=O) groups is 5. The number of imidazole rings is 1. The minimum atomic E-state index is -4.16. The maximum absolute atomic E-state index is 14.0. The number of fused-ring (bicyclic) bond motifs is 1. The number of anilines is 2. The molecule has 700 valence electrons. The fourth-order valence-electron chi connectivity index (χ4n) is 11.8. The van der Waals surface area contributed by atoms with Gasteiger partial charge in [0.15, 0.2) is 17.4 Å². The lowest BCUT2D eigenvalue weighted by molar-refractivity contribution is -0.132. The zero-order valence-corrected chi connectivity index (χ0v) is 73.8. The second kappa shape index (κ2) is 62.8. The second-order valence-electron chi connectivity index (χ2n) is 28.2. The minimum Gasteiger partial charge on any atom is -0.474 e. The minimum absolute atomic E-state index is 0.0136. The van der Waals surface area contributed by atoms with Gasteiger partial charge < -0.3 is 131 Å². The molecule has 5 aromatic rings. The van der Waals surface area contributed by atoms with E-state index in [1.54, 1.807) is 68.6 Å². The molecule has 46 heteroatoms. The predicted octanol–water partition coefficient (Wildman–Crippen LogP) is 3.43. The van der Waals surface area contributed by atoms with Gasteiger partial charge in [0.2, 0.25) is 35.8 Å². The SMILES string of the molecule is CC(C)[C@H](NC(=O)CCOCCOCCOCCOCCOCCOCCOCCOCCOCCOCCOCCOCCOCCOCCOCCOCCN)C(=O)N[C@@H](C)C(=O)Nc1ccc(COC(=O)N(C)Cc2ccccc2C(=O)Nc2nc3c(ncn3[C@@H]3O[C@H](OP=O)[C@@H](O)[C@H]3OP(O)(=S)OC[C@@H]3CC[C@H](Oc4ccncn4)C3)c(=O)[nH]2)cc1. The molecule has 1 unspecified atom stereocenters. The first kappa shape index (κ1) is 105. The van der Waals surface area contributed by atoms with Crippen molar-refractivity contribution in [3.63, 3.8) is 0 Å². The van der Waals surface area contributed by atoms with Crippen LogP contribution in [0.15, 0.2) is 78.2 Å². The average Bonchev–Trinajstić information content (AvgIpc) is 1.61. The smallest absolute Gasteiger partial charge is 0.410 e. The molecule has 2 aliphatic rings. The molecular weight excluding hydrogens is 1710 g/mol. The molecule has 5 amide bonds. The first-order valence-corrected chi connectivity index (χ1v) is 44.7. The molecule has 1 aliphatic carbocycles. The molecule has 0 spiro atoms. The summed E-state index contributed by atoms with van der Waals surface area (Å²) in [6, 6.07) is 12.5. The van der Waals surface area contributed by atoms with Crippen LogP contribution >= 0.6 is 15.4 Å². The van der Waals surface area contributed by atoms with Crippen LogP contribution in [0.4, 0.5) is 16.4 Å². The normalized spacial score (nSPS) is 17.4. The summed E-state index contributed by atoms with van der Waals surface area (Å²) in [4.78, 5) is 112. The molecule has 9 N–H and O–H groups in total. The number of nitrogens with zero attached hydrogens (tertiary/aromatic N) is 6. The van der Waals surface area contributed by atoms with Crippen molar-refractivity contribution in [3.8, 4) is 5.88 Å². The number of hydrogen-bond acceptors (Lipinski definition) is 36. The Kier molecular flexibility index (Phi) is 52.6. The van der Waals surface area contributed by atoms with Crippen LogP contribution in [0, 0.1) is 11.8 Å². The van der Waals surface area contributed by atoms with Gasteiger partial charge in [0.1, 0.15) is 43.3 Å². The van der Waals surface area contributed by atoms with Crippen LogP contribution in [0.5, 0.6) is 5.88 Å². The van der Waals surface area contributed by atoms with E-state index in [0.717, 1.165) is 6.33 Å². The highest BCUT2D eigenvalue weighted by Gasteiger charge is 2.50. The Morgan fingerprint density at radius 3 is 1.65 bits per heavy atom. The van der Waals surface area contributed by atoms with Crippen LogP contribution in [0.25, 0.3) is 11.2 Å². The molecule has 0 radical (unpaired) electrons. The monoisotopic (exact) mass is 1830 g/mol. The van der Waals surface area contributed by atoms with E-state index in [-0.39, 0.29) is 86.6 Å². The van der Waals surface area contributed by atoms with Crippen molar-refractivity contribution in [3.05, 3.63) is 100 Å². The Balaban J connectivity index is 0.645. The fourth-order valence-corrected chi connectivity index (χ4v) is 13.5. The number of benzene rings is 2. The highest BCUT2D eigenvalue weighted by atomic mass is 32.5. The number of aromatic amines is 1. The third-order valence-electron chi connectivity index (χ3n) is 18.2. The summed E-state index contributed by atoms with van der Waals surface area (Å²) >= 11 is 5.38. The quantitative estimate of drug-likeness (QED) is 0.0204. The van der Waals surface area contributed by atoms with Crippen LogP contribution < -0.4 is 37.3 Å². The molecule has 2 aromatic carbocycles. The van der Waals surface area contributed by atoms with E-state index in [9.17, 15) is 43.3 Å². The highest BCUT2D eigenvalue weighted by Crippen LogP contribution is 2.51. The number of carbonyl (C=O) groups excluding carboxylic acids is 5. The molecule has 2 fully saturated rings. The van der Waals surface area contributed by atoms with Crippen LogP contribution in [0.2, 0.25) is 0 Å². The number of H-pyrrole nitrogens is 1. The predicted molar refractivity (Wildman–Crippen MR) is 450 cm³/mol. The van der Waals surface area contributed by atoms with Gasteiger partial charge in [-0.25, -0.2) is 24.3 Å². The van der Waals surface area contributed by atoms with E-state index < -0.39 is 87.5 Å². The van der Waals surface area contributed by atoms with Gasteiger partial charge in [0.05, 0.1) is 224 Å². The molecule has 7 rings (SSSR count). The number of nitrogens with one attached hydrogen (secondary N) is 5. The molecule has 1 aliphatic heterocycles. The number of rotatable bonds is 72. The average molecular weight is 1830 g/mol. The summed E-state index contributed by atoms with van der Waals surface area (Å²) in [5.41, 5.74) is 5.58. The summed E-state index contributed by atoms with van der Waals surface area (Å²) in [5.74, 6) is -2.57. The van der Waals surface area contributed by atoms with Gasteiger partial charge in [-0.3, -0.25) is 47.9 Å². The Labute approximate surface area is 732 Å². The maximum Gasteiger partial charge on any atom is 0.410 e. The molecule has 9 atom stereocenters. The summed E-state index contributed by atoms with van der Waals surface area (Å²) < 4.78 is 135. The van der Waals surface area contributed by atoms with E-state index in [1.807, 2.05) is 0 Å². The number of aromatic nitrogens is 6. The molecule has 4 heterocycles. The molecule has 1 saturated heterocycles. The van der Waals surface area contributed by atoms with E-state index in [0.29, 0.717) is 240 Å². The summed E-state index contributed by atoms with van der Waals surface area (Å²) in [6.45, 7) is 14.9. The number of amides is 5. The lowest BCUT2D eigenvalue weighted by Gasteiger charge is -2.26. The van der Waals surface area contributed by atoms with Crippen molar-refractivity contribution >= 4 is 79.7 Å². The van der Waals surface area contributed by atoms with E-state index in [2.05, 4.69) is 46.2 Å². The van der Waals surface area contributed by atoms with Crippen LogP contribution in [-0.2, 0) is 143 Å². The zero-order chi connectivity index (χ0) is 89.3. The molecule has 0 bridgehead atoms. The lowest BCUT2D eigenvalue weighted by Crippen LogP contribution is -2.53. The van der Waals surface area contributed by atoms with Crippen molar-refractivity contribution in [2.45, 2.75) is 103 Å². The maximum atomic E-state index is 14.0. The van der Waals surface area contributed by atoms with Gasteiger partial charge in [-0.1, -0.05) is 44.2 Å². The molecule has 3 aromatic heterocycles. The largest absolute Gasteiger partial charge is 0.474 e. The summed E-state index contributed by atoms with van der Waals surface area (Å²) in [6.07, 6.45) is -1.27. The van der Waals surface area contributed by atoms with Gasteiger partial charge in [0.25, 0.3) is 11.5 Å². The second-order valence-corrected chi connectivity index (χ2v) is 31.3. The molecule has 43 nitrogen and oxygen atoms in total. The van der Waals surface area contributed by atoms with Crippen molar-refractivity contribution in [1.82, 2.24) is 45.0 Å². The van der Waals surface area contributed by atoms with E-state index in [1.165, 1.54) is 35.8 Å². The summed E-state index contributed by atoms with van der Waals surface area (Å²) in [7, 11) is 0.598. The topological polar surface area (TPSA) is 513 Å². The standard InChI is InChI=1S/C79H122N12O31P2S/c1-57(2)67(86-65(92)16-19-101-21-23-103-25-27-105-29-31-107-33-35-109-37-39-111-41-43-113-45-47-115-49-50-116-48-46-114-44-42-112-40-38-110-36-34-108-32-30-106-28-26-104-24-22-102-20-17-80)74(96)84-58(3)72(94)85-62-12-9-59(10-13-62)53-117-79(98)90(4)52-61-7-5-6-8-64(61)73(95)88-78-87-71-68(75(97)89-78)83-56-91(71)76-70(69(93)77(120-76)121-123-99)122-124(100,125)118-54-60-11-14-63(51-60)119-66-15-18-81-55-82-66/h5-10,12-13,15,18,55-58,60,63,67,69-70,76-77,93H,11,14,16-17,19-54,80H2,1-4H3,(H,84,96)(H,85,94)(H,86,92)(H,100,125)(H2,87,88,89,95,97)/t58-,60+,63-,67-,69-,70+,76+,77+,124?/m0/s1. The highest BCUT2D eigenvalue weighted by molar-refractivity contribution is 8.07. The number of aliphatic hydroxyl groups excluding tert-OH is 1. The Bertz CT molecular complexity index is 3960. The number of aliphatic hydroxyl groups is 1. The number of nitrogens with two attached hydrogens (primary N) is 1. The van der Waals surface area contributed by atoms with Gasteiger partial charge in [-0.15, -0.1) is 0 Å².